The van der Waals surface area contributed by atoms with Gasteiger partial charge in [0.2, 0.25) is 0 Å². The van der Waals surface area contributed by atoms with Gasteiger partial charge in [0.1, 0.15) is 6.04 Å². The summed E-state index contributed by atoms with van der Waals surface area (Å²) in [6.07, 6.45) is 0.275. The smallest absolute Gasteiger partial charge is 0.326 e. The molecule has 1 rings (SSSR count). The van der Waals surface area contributed by atoms with Crippen molar-refractivity contribution in [3.63, 3.8) is 0 Å². The number of carbonyl (C=O) groups excluding carboxylic acids is 1. The molecule has 114 valence electrons. The fourth-order valence-electron chi connectivity index (χ4n) is 1.75. The lowest BCUT2D eigenvalue weighted by Crippen LogP contribution is -2.41. The first-order valence-electron chi connectivity index (χ1n) is 6.19. The van der Waals surface area contributed by atoms with Crippen molar-refractivity contribution >= 4 is 33.5 Å². The first-order chi connectivity index (χ1) is 9.70. The predicted octanol–water partition coefficient (Wildman–Crippen LogP) is 2.59. The summed E-state index contributed by atoms with van der Waals surface area (Å²) in [6, 6.07) is 2.74. The lowest BCUT2D eigenvalue weighted by molar-refractivity contribution is -0.385. The molecule has 7 nitrogen and oxygen atoms in total. The molecular weight excluding hydrogens is 344 g/mol. The normalized spacial score (nSPS) is 12.0. The van der Waals surface area contributed by atoms with Crippen LogP contribution in [0.4, 0.5) is 5.69 Å². The molecule has 0 aromatic heterocycles. The number of hydrogen-bond donors (Lipinski definition) is 2. The lowest BCUT2D eigenvalue weighted by Gasteiger charge is -2.16. The Bertz CT molecular complexity index is 574. The molecule has 0 saturated carbocycles. The maximum Gasteiger partial charge on any atom is 0.326 e. The van der Waals surface area contributed by atoms with Crippen molar-refractivity contribution < 1.29 is 19.6 Å². The van der Waals surface area contributed by atoms with Crippen LogP contribution in [0.25, 0.3) is 0 Å². The molecule has 0 bridgehead atoms. The highest BCUT2D eigenvalue weighted by Crippen LogP contribution is 2.21. The monoisotopic (exact) mass is 358 g/mol. The fraction of sp³-hybridized carbons (Fsp3) is 0.385. The molecule has 0 heterocycles. The zero-order valence-corrected chi connectivity index (χ0v) is 13.1. The maximum atomic E-state index is 12.1. The Labute approximate surface area is 129 Å². The topological polar surface area (TPSA) is 110 Å². The quantitative estimate of drug-likeness (QED) is 0.599. The van der Waals surface area contributed by atoms with E-state index in [1.54, 1.807) is 0 Å². The van der Waals surface area contributed by atoms with Crippen LogP contribution >= 0.6 is 15.9 Å². The Morgan fingerprint density at radius 3 is 2.48 bits per heavy atom. The number of benzene rings is 1. The van der Waals surface area contributed by atoms with Gasteiger partial charge in [-0.05, 0) is 18.4 Å². The number of non-ortho nitro benzene ring substituents is 1. The van der Waals surface area contributed by atoms with Crippen LogP contribution < -0.4 is 5.32 Å². The molecule has 2 N–H and O–H groups in total. The number of carbonyl (C=O) groups is 2. The number of carboxylic acids is 1. The number of nitrogens with one attached hydrogen (secondary N) is 1. The molecule has 0 fully saturated rings. The van der Waals surface area contributed by atoms with E-state index in [0.29, 0.717) is 4.47 Å². The standard InChI is InChI=1S/C13H15BrN2O5/c1-7(2)3-11(13(18)19)15-12(17)8-4-9(14)6-10(5-8)16(20)21/h4-7,11H,3H2,1-2H3,(H,15,17)(H,18,19)/t11-/m0/s1. The molecule has 0 radical (unpaired) electrons. The van der Waals surface area contributed by atoms with Crippen molar-refractivity contribution in [1.82, 2.24) is 5.32 Å². The van der Waals surface area contributed by atoms with Gasteiger partial charge in [-0.2, -0.15) is 0 Å². The molecule has 0 unspecified atom stereocenters. The van der Waals surface area contributed by atoms with Crippen LogP contribution in [0.3, 0.4) is 0 Å². The second-order valence-corrected chi connectivity index (χ2v) is 5.86. The Morgan fingerprint density at radius 1 is 1.38 bits per heavy atom. The molecule has 0 aliphatic rings. The van der Waals surface area contributed by atoms with E-state index in [9.17, 15) is 19.7 Å². The van der Waals surface area contributed by atoms with Gasteiger partial charge < -0.3 is 10.4 Å². The molecule has 0 aliphatic carbocycles. The highest BCUT2D eigenvalue weighted by atomic mass is 79.9. The molecule has 1 atom stereocenters. The molecule has 8 heteroatoms. The SMILES string of the molecule is CC(C)C[C@H](NC(=O)c1cc(Br)cc([N+](=O)[O-])c1)C(=O)O. The minimum absolute atomic E-state index is 0.0334. The van der Waals surface area contributed by atoms with Crippen LogP contribution in [0, 0.1) is 16.0 Å². The highest BCUT2D eigenvalue weighted by molar-refractivity contribution is 9.10. The molecule has 1 aromatic rings. The summed E-state index contributed by atoms with van der Waals surface area (Å²) < 4.78 is 0.373. The minimum atomic E-state index is -1.14. The second-order valence-electron chi connectivity index (χ2n) is 4.95. The molecule has 1 aromatic carbocycles. The largest absolute Gasteiger partial charge is 0.480 e. The van der Waals surface area contributed by atoms with Gasteiger partial charge in [0, 0.05) is 22.2 Å². The molecule has 1 amide bonds. The summed E-state index contributed by atoms with van der Waals surface area (Å²) in [5.41, 5.74) is -0.212. The van der Waals surface area contributed by atoms with E-state index in [0.717, 1.165) is 6.07 Å². The first kappa shape index (κ1) is 17.1. The molecule has 0 spiro atoms. The van der Waals surface area contributed by atoms with Crippen molar-refractivity contribution in [1.29, 1.82) is 0 Å². The van der Waals surface area contributed by atoms with Crippen LogP contribution in [0.5, 0.6) is 0 Å². The molecule has 0 aliphatic heterocycles. The lowest BCUT2D eigenvalue weighted by atomic mass is 10.0. The number of aliphatic carboxylic acids is 1. The van der Waals surface area contributed by atoms with E-state index < -0.39 is 22.8 Å². The van der Waals surface area contributed by atoms with Crippen molar-refractivity contribution in [2.24, 2.45) is 5.92 Å². The zero-order chi connectivity index (χ0) is 16.2. The van der Waals surface area contributed by atoms with Gasteiger partial charge in [0.05, 0.1) is 4.92 Å². The number of nitro benzene ring substituents is 1. The Hall–Kier alpha value is -1.96. The van der Waals surface area contributed by atoms with Gasteiger partial charge in [-0.15, -0.1) is 0 Å². The first-order valence-corrected chi connectivity index (χ1v) is 6.98. The fourth-order valence-corrected chi connectivity index (χ4v) is 2.23. The van der Waals surface area contributed by atoms with Gasteiger partial charge in [-0.1, -0.05) is 29.8 Å². The number of amides is 1. The third kappa shape index (κ3) is 5.14. The van der Waals surface area contributed by atoms with Crippen LogP contribution in [0.15, 0.2) is 22.7 Å². The van der Waals surface area contributed by atoms with Crippen molar-refractivity contribution in [3.8, 4) is 0 Å². The van der Waals surface area contributed by atoms with Crippen LogP contribution in [-0.2, 0) is 4.79 Å². The zero-order valence-electron chi connectivity index (χ0n) is 11.5. The van der Waals surface area contributed by atoms with E-state index in [-0.39, 0.29) is 23.6 Å². The second kappa shape index (κ2) is 7.16. The van der Waals surface area contributed by atoms with E-state index in [1.807, 2.05) is 13.8 Å². The average Bonchev–Trinajstić information content (AvgIpc) is 2.36. The third-order valence-corrected chi connectivity index (χ3v) is 3.12. The molecule has 21 heavy (non-hydrogen) atoms. The summed E-state index contributed by atoms with van der Waals surface area (Å²) in [6.45, 7) is 3.68. The number of hydrogen-bond acceptors (Lipinski definition) is 4. The summed E-state index contributed by atoms with van der Waals surface area (Å²) >= 11 is 3.08. The predicted molar refractivity (Wildman–Crippen MR) is 79.1 cm³/mol. The molecular formula is C13H15BrN2O5. The Balaban J connectivity index is 2.97. The number of rotatable bonds is 6. The van der Waals surface area contributed by atoms with Crippen LogP contribution in [0.1, 0.15) is 30.6 Å². The maximum absolute atomic E-state index is 12.1. The molecule has 0 saturated heterocycles. The van der Waals surface area contributed by atoms with Gasteiger partial charge in [-0.3, -0.25) is 14.9 Å². The van der Waals surface area contributed by atoms with E-state index in [4.69, 9.17) is 5.11 Å². The van der Waals surface area contributed by atoms with Gasteiger partial charge in [-0.25, -0.2) is 4.79 Å². The van der Waals surface area contributed by atoms with E-state index >= 15 is 0 Å². The van der Waals surface area contributed by atoms with Crippen molar-refractivity contribution in [2.45, 2.75) is 26.3 Å². The van der Waals surface area contributed by atoms with E-state index in [2.05, 4.69) is 21.2 Å². The number of nitrogens with zero attached hydrogens (tertiary/aromatic N) is 1. The Kier molecular flexibility index (Phi) is 5.83. The summed E-state index contributed by atoms with van der Waals surface area (Å²) in [5.74, 6) is -1.71. The Morgan fingerprint density at radius 2 is 2.00 bits per heavy atom. The van der Waals surface area contributed by atoms with Gasteiger partial charge >= 0.3 is 5.97 Å². The van der Waals surface area contributed by atoms with Gasteiger partial charge in [0.15, 0.2) is 0 Å². The number of nitro groups is 1. The average molecular weight is 359 g/mol. The minimum Gasteiger partial charge on any atom is -0.480 e. The summed E-state index contributed by atoms with van der Waals surface area (Å²) in [7, 11) is 0. The van der Waals surface area contributed by atoms with Crippen molar-refractivity contribution in [2.75, 3.05) is 0 Å². The van der Waals surface area contributed by atoms with Crippen molar-refractivity contribution in [3.05, 3.63) is 38.3 Å². The van der Waals surface area contributed by atoms with E-state index in [1.165, 1.54) is 12.1 Å². The van der Waals surface area contributed by atoms with Crippen LogP contribution in [0.2, 0.25) is 0 Å². The summed E-state index contributed by atoms with van der Waals surface area (Å²) in [4.78, 5) is 33.3. The summed E-state index contributed by atoms with van der Waals surface area (Å²) in [5, 5.41) is 22.2. The number of carboxylic acid groups (broad SMARTS) is 1. The number of halogens is 1. The highest BCUT2D eigenvalue weighted by Gasteiger charge is 2.23. The van der Waals surface area contributed by atoms with Crippen LogP contribution in [-0.4, -0.2) is 27.9 Å². The third-order valence-electron chi connectivity index (χ3n) is 2.67. The van der Waals surface area contributed by atoms with Gasteiger partial charge in [0.25, 0.3) is 11.6 Å².